The predicted octanol–water partition coefficient (Wildman–Crippen LogP) is 3.50. The van der Waals surface area contributed by atoms with Crippen LogP contribution in [0.5, 0.6) is 0 Å². The molecule has 0 amide bonds. The first kappa shape index (κ1) is 50.1. The number of methoxy groups -OCH3 is 2. The number of aliphatic hydroxyl groups excluding tert-OH is 2. The fourth-order valence-corrected chi connectivity index (χ4v) is 9.20. The van der Waals surface area contributed by atoms with Crippen LogP contribution in [0, 0.1) is 35.5 Å². The van der Waals surface area contributed by atoms with Gasteiger partial charge in [-0.25, -0.2) is 0 Å². The van der Waals surface area contributed by atoms with Crippen molar-refractivity contribution in [3.05, 3.63) is 0 Å². The highest BCUT2D eigenvalue weighted by atomic mass is 16.7. The predicted molar refractivity (Wildman–Crippen MR) is 208 cm³/mol. The number of esters is 3. The van der Waals surface area contributed by atoms with E-state index in [4.69, 9.17) is 42.6 Å². The van der Waals surface area contributed by atoms with Crippen molar-refractivity contribution in [2.75, 3.05) is 14.2 Å². The normalized spacial score (nSPS) is 44.7. The zero-order valence-electron chi connectivity index (χ0n) is 37.2. The van der Waals surface area contributed by atoms with E-state index in [1.807, 2.05) is 6.92 Å². The van der Waals surface area contributed by atoms with E-state index in [-0.39, 0.29) is 18.9 Å². The second-order valence-corrected chi connectivity index (χ2v) is 17.7. The van der Waals surface area contributed by atoms with Gasteiger partial charge in [0.25, 0.3) is 0 Å². The smallest absolute Gasteiger partial charge is 0.311 e. The third-order valence-electron chi connectivity index (χ3n) is 12.7. The number of carbonyl (C=O) groups is 4. The Morgan fingerprint density at radius 2 is 1.43 bits per heavy atom. The molecule has 16 nitrogen and oxygen atoms in total. The minimum absolute atomic E-state index is 0.0826. The van der Waals surface area contributed by atoms with E-state index in [1.165, 1.54) is 35.0 Å². The van der Waals surface area contributed by atoms with Gasteiger partial charge in [-0.15, -0.1) is 0 Å². The molecule has 3 aliphatic rings. The standard InChI is InChI=1S/C42H72O16/c1-19-17-41(12,49)37(47)24(6)35(54-28(10)44)23(5)34(21(3)26(8)43)57-39(48)25(7)36(22(4)33(19)58-40-32(46)30(50-14)16-20(2)52-40)56-31-18-42(13,51-15)38(27(9)53-31)55-29(11)45/h19-27,30-36,38,40,43,46,49H,16-18H2,1-15H3/t19-,20+,21-,22+,23-,24+,25+,26-,27-,30-,31-,32+,33-,34+,35-,36-,38-,40-,41-,42+/m0/s1. The Hall–Kier alpha value is -2.28. The monoisotopic (exact) mass is 832 g/mol. The number of carbonyl (C=O) groups excluding carboxylic acids is 4. The molecule has 20 atom stereocenters. The molecule has 3 saturated heterocycles. The molecule has 0 aromatic rings. The van der Waals surface area contributed by atoms with E-state index >= 15 is 0 Å². The van der Waals surface area contributed by atoms with Gasteiger partial charge in [-0.3, -0.25) is 19.2 Å². The number of Topliss-reactive ketones (excluding diaryl/α,β-unsaturated/α-hetero) is 1. The minimum atomic E-state index is -1.99. The van der Waals surface area contributed by atoms with Crippen molar-refractivity contribution in [3.8, 4) is 0 Å². The molecule has 3 N–H and O–H groups in total. The van der Waals surface area contributed by atoms with Gasteiger partial charge in [-0.1, -0.05) is 34.6 Å². The van der Waals surface area contributed by atoms with Gasteiger partial charge in [-0.2, -0.15) is 0 Å². The Labute approximate surface area is 344 Å². The van der Waals surface area contributed by atoms with Gasteiger partial charge < -0.3 is 58.0 Å². The molecule has 0 bridgehead atoms. The molecule has 16 heteroatoms. The number of cyclic esters (lactones) is 1. The molecule has 0 aromatic heterocycles. The van der Waals surface area contributed by atoms with Gasteiger partial charge in [0.15, 0.2) is 24.5 Å². The maximum absolute atomic E-state index is 14.6. The van der Waals surface area contributed by atoms with Crippen molar-refractivity contribution in [3.63, 3.8) is 0 Å². The summed E-state index contributed by atoms with van der Waals surface area (Å²) in [5, 5.41) is 34.2. The molecule has 3 heterocycles. The number of ketones is 1. The Balaban J connectivity index is 2.24. The topological polar surface area (TPSA) is 212 Å². The molecule has 0 saturated carbocycles. The molecule has 0 radical (unpaired) electrons. The third-order valence-corrected chi connectivity index (χ3v) is 12.7. The number of aliphatic hydroxyl groups is 3. The highest BCUT2D eigenvalue weighted by Crippen LogP contribution is 2.41. The lowest BCUT2D eigenvalue weighted by Gasteiger charge is -2.48. The van der Waals surface area contributed by atoms with Gasteiger partial charge in [0, 0.05) is 58.7 Å². The summed E-state index contributed by atoms with van der Waals surface area (Å²) in [6.07, 6.45) is -10.8. The zero-order chi connectivity index (χ0) is 44.2. The number of rotatable bonds is 10. The lowest BCUT2D eigenvalue weighted by Crippen LogP contribution is -2.59. The molecule has 0 aliphatic carbocycles. The van der Waals surface area contributed by atoms with Gasteiger partial charge in [0.1, 0.15) is 29.5 Å². The summed E-state index contributed by atoms with van der Waals surface area (Å²) in [6, 6.07) is 0. The van der Waals surface area contributed by atoms with E-state index in [0.29, 0.717) is 6.42 Å². The summed E-state index contributed by atoms with van der Waals surface area (Å²) >= 11 is 0. The summed E-state index contributed by atoms with van der Waals surface area (Å²) in [5.41, 5.74) is -3.06. The summed E-state index contributed by atoms with van der Waals surface area (Å²) in [4.78, 5) is 53.5. The van der Waals surface area contributed by atoms with Crippen LogP contribution in [-0.2, 0) is 61.8 Å². The first-order valence-corrected chi connectivity index (χ1v) is 20.7. The van der Waals surface area contributed by atoms with Crippen molar-refractivity contribution in [1.29, 1.82) is 0 Å². The highest BCUT2D eigenvalue weighted by molar-refractivity contribution is 5.89. The quantitative estimate of drug-likeness (QED) is 0.212. The largest absolute Gasteiger partial charge is 0.461 e. The lowest BCUT2D eigenvalue weighted by molar-refractivity contribution is -0.313. The van der Waals surface area contributed by atoms with Crippen molar-refractivity contribution in [2.24, 2.45) is 35.5 Å². The number of ether oxygens (including phenoxy) is 9. The van der Waals surface area contributed by atoms with Crippen LogP contribution in [0.2, 0.25) is 0 Å². The molecule has 336 valence electrons. The third kappa shape index (κ3) is 11.8. The summed E-state index contributed by atoms with van der Waals surface area (Å²) in [7, 11) is 2.98. The van der Waals surface area contributed by atoms with Gasteiger partial charge in [0.05, 0.1) is 48.5 Å². The van der Waals surface area contributed by atoms with Crippen LogP contribution in [0.4, 0.5) is 0 Å². The van der Waals surface area contributed by atoms with Crippen molar-refractivity contribution in [1.82, 2.24) is 0 Å². The molecule has 58 heavy (non-hydrogen) atoms. The van der Waals surface area contributed by atoms with Gasteiger partial charge in [0.2, 0.25) is 0 Å². The van der Waals surface area contributed by atoms with E-state index in [0.717, 1.165) is 0 Å². The summed E-state index contributed by atoms with van der Waals surface area (Å²) in [5.74, 6) is -7.59. The number of hydrogen-bond acceptors (Lipinski definition) is 16. The Morgan fingerprint density at radius 1 is 0.828 bits per heavy atom. The Morgan fingerprint density at radius 3 is 1.97 bits per heavy atom. The van der Waals surface area contributed by atoms with Crippen LogP contribution in [0.15, 0.2) is 0 Å². The van der Waals surface area contributed by atoms with E-state index < -0.39 is 138 Å². The fraction of sp³-hybridized carbons (Fsp3) is 0.905. The minimum Gasteiger partial charge on any atom is -0.461 e. The van der Waals surface area contributed by atoms with Crippen LogP contribution >= 0.6 is 0 Å². The molecule has 3 rings (SSSR count). The van der Waals surface area contributed by atoms with Crippen molar-refractivity contribution in [2.45, 2.75) is 194 Å². The second-order valence-electron chi connectivity index (χ2n) is 17.7. The average molecular weight is 833 g/mol. The maximum atomic E-state index is 14.6. The Bertz CT molecular complexity index is 1390. The van der Waals surface area contributed by atoms with Crippen LogP contribution in [0.3, 0.4) is 0 Å². The van der Waals surface area contributed by atoms with Gasteiger partial charge in [-0.05, 0) is 53.9 Å². The number of hydrogen-bond donors (Lipinski definition) is 3. The molecular weight excluding hydrogens is 760 g/mol. The molecule has 0 unspecified atom stereocenters. The van der Waals surface area contributed by atoms with Crippen molar-refractivity contribution < 1.29 is 77.1 Å². The molecule has 3 fully saturated rings. The first-order valence-electron chi connectivity index (χ1n) is 20.7. The second kappa shape index (κ2) is 20.5. The SMILES string of the molecule is CO[C@H]1C[C@@H](C)O[C@@H](O[C@@H]2[C@@H](C)[C@H](O[C@H]3C[C@@](C)(OC)[C@@H](OC(C)=O)[C@H](C)O3)[C@@H](C)C(=O)O[C@H]([C@@H](C)[C@H](C)O)[C@H](C)[C@H](OC(C)=O)[C@@H](C)C(=O)[C@@](C)(O)C[C@@H]2C)[C@@H]1O. The van der Waals surface area contributed by atoms with E-state index in [1.54, 1.807) is 62.3 Å². The molecule has 0 spiro atoms. The van der Waals surface area contributed by atoms with Gasteiger partial charge >= 0.3 is 17.9 Å². The van der Waals surface area contributed by atoms with Crippen LogP contribution in [0.1, 0.15) is 109 Å². The maximum Gasteiger partial charge on any atom is 0.311 e. The van der Waals surface area contributed by atoms with Crippen LogP contribution in [-0.4, -0.2) is 138 Å². The van der Waals surface area contributed by atoms with E-state index in [2.05, 4.69) is 0 Å². The average Bonchev–Trinajstić information content (AvgIpc) is 3.13. The highest BCUT2D eigenvalue weighted by Gasteiger charge is 2.53. The summed E-state index contributed by atoms with van der Waals surface area (Å²) < 4.78 is 55.0. The first-order chi connectivity index (χ1) is 26.8. The van der Waals surface area contributed by atoms with E-state index in [9.17, 15) is 34.5 Å². The van der Waals surface area contributed by atoms with Crippen LogP contribution < -0.4 is 0 Å². The lowest BCUT2D eigenvalue weighted by atomic mass is 9.74. The zero-order valence-corrected chi connectivity index (χ0v) is 37.2. The molecule has 0 aromatic carbocycles. The Kier molecular flexibility index (Phi) is 17.7. The van der Waals surface area contributed by atoms with Crippen molar-refractivity contribution >= 4 is 23.7 Å². The fourth-order valence-electron chi connectivity index (χ4n) is 9.20. The van der Waals surface area contributed by atoms with Crippen LogP contribution in [0.25, 0.3) is 0 Å². The molecule has 3 aliphatic heterocycles. The summed E-state index contributed by atoms with van der Waals surface area (Å²) in [6.45, 7) is 20.9. The molecular formula is C42H72O16.